The highest BCUT2D eigenvalue weighted by molar-refractivity contribution is 8.14. The van der Waals surface area contributed by atoms with E-state index in [1.54, 1.807) is 18.9 Å². The molecule has 0 spiro atoms. The summed E-state index contributed by atoms with van der Waals surface area (Å²) in [5.41, 5.74) is 0.194. The van der Waals surface area contributed by atoms with Gasteiger partial charge in [-0.1, -0.05) is 11.8 Å². The van der Waals surface area contributed by atoms with Crippen molar-refractivity contribution in [3.05, 3.63) is 0 Å². The Labute approximate surface area is 84.3 Å². The van der Waals surface area contributed by atoms with Crippen LogP contribution in [0.1, 0.15) is 20.8 Å². The smallest absolute Gasteiger partial charge is 0.157 e. The van der Waals surface area contributed by atoms with Gasteiger partial charge in [-0.05, 0) is 20.8 Å². The zero-order valence-electron chi connectivity index (χ0n) is 8.76. The fraction of sp³-hybridized carbons (Fsp3) is 0.889. The van der Waals surface area contributed by atoms with Gasteiger partial charge in [-0.2, -0.15) is 0 Å². The van der Waals surface area contributed by atoms with Crippen molar-refractivity contribution in [2.24, 2.45) is 4.99 Å². The SMILES string of the molecule is COC(C)CN=C1NC(C)(C)CS1. The van der Waals surface area contributed by atoms with Crippen LogP contribution in [0.4, 0.5) is 0 Å². The number of rotatable bonds is 3. The van der Waals surface area contributed by atoms with E-state index in [1.165, 1.54) is 0 Å². The number of nitrogens with zero attached hydrogens (tertiary/aromatic N) is 1. The lowest BCUT2D eigenvalue weighted by molar-refractivity contribution is 0.125. The first-order chi connectivity index (χ1) is 6.03. The lowest BCUT2D eigenvalue weighted by atomic mass is 10.1. The molecule has 0 amide bonds. The van der Waals surface area contributed by atoms with E-state index in [2.05, 4.69) is 24.2 Å². The molecule has 1 aliphatic heterocycles. The Morgan fingerprint density at radius 2 is 2.38 bits per heavy atom. The van der Waals surface area contributed by atoms with E-state index in [4.69, 9.17) is 4.74 Å². The second-order valence-electron chi connectivity index (χ2n) is 3.99. The minimum atomic E-state index is 0.194. The Bertz CT molecular complexity index is 204. The molecule has 1 aliphatic rings. The Morgan fingerprint density at radius 1 is 1.69 bits per heavy atom. The van der Waals surface area contributed by atoms with Crippen LogP contribution in [0.25, 0.3) is 0 Å². The fourth-order valence-electron chi connectivity index (χ4n) is 0.982. The lowest BCUT2D eigenvalue weighted by Crippen LogP contribution is -2.37. The third-order valence-electron chi connectivity index (χ3n) is 1.91. The molecule has 4 heteroatoms. The summed E-state index contributed by atoms with van der Waals surface area (Å²) in [6.07, 6.45) is 0.207. The minimum Gasteiger partial charge on any atom is -0.380 e. The van der Waals surface area contributed by atoms with Crippen molar-refractivity contribution in [3.8, 4) is 0 Å². The van der Waals surface area contributed by atoms with E-state index in [1.807, 2.05) is 6.92 Å². The molecule has 1 rings (SSSR count). The van der Waals surface area contributed by atoms with Gasteiger partial charge in [0.25, 0.3) is 0 Å². The third kappa shape index (κ3) is 3.56. The van der Waals surface area contributed by atoms with Crippen molar-refractivity contribution < 1.29 is 4.74 Å². The molecule has 76 valence electrons. The Hall–Kier alpha value is -0.220. The van der Waals surface area contributed by atoms with Gasteiger partial charge < -0.3 is 10.1 Å². The molecule has 0 radical (unpaired) electrons. The summed E-state index contributed by atoms with van der Waals surface area (Å²) < 4.78 is 5.12. The van der Waals surface area contributed by atoms with Gasteiger partial charge in [0.05, 0.1) is 12.6 Å². The Balaban J connectivity index is 2.37. The van der Waals surface area contributed by atoms with E-state index >= 15 is 0 Å². The summed E-state index contributed by atoms with van der Waals surface area (Å²) in [5, 5.41) is 4.42. The van der Waals surface area contributed by atoms with Crippen LogP contribution < -0.4 is 5.32 Å². The average Bonchev–Trinajstić information content (AvgIpc) is 2.41. The largest absolute Gasteiger partial charge is 0.380 e. The highest BCUT2D eigenvalue weighted by Crippen LogP contribution is 2.21. The van der Waals surface area contributed by atoms with Crippen molar-refractivity contribution in [1.29, 1.82) is 0 Å². The van der Waals surface area contributed by atoms with Crippen LogP contribution in [-0.2, 0) is 4.74 Å². The van der Waals surface area contributed by atoms with Crippen LogP contribution in [0.2, 0.25) is 0 Å². The maximum atomic E-state index is 5.12. The zero-order valence-corrected chi connectivity index (χ0v) is 9.57. The summed E-state index contributed by atoms with van der Waals surface area (Å²) in [5.74, 6) is 1.09. The van der Waals surface area contributed by atoms with Gasteiger partial charge in [-0.15, -0.1) is 0 Å². The van der Waals surface area contributed by atoms with E-state index in [0.717, 1.165) is 17.5 Å². The maximum absolute atomic E-state index is 5.12. The number of thioether (sulfide) groups is 1. The van der Waals surface area contributed by atoms with E-state index in [-0.39, 0.29) is 11.6 Å². The van der Waals surface area contributed by atoms with Crippen molar-refractivity contribution in [2.45, 2.75) is 32.4 Å². The molecular weight excluding hydrogens is 184 g/mol. The number of hydrogen-bond acceptors (Lipinski definition) is 3. The lowest BCUT2D eigenvalue weighted by Gasteiger charge is -2.16. The van der Waals surface area contributed by atoms with Gasteiger partial charge in [-0.25, -0.2) is 0 Å². The quantitative estimate of drug-likeness (QED) is 0.753. The predicted octanol–water partition coefficient (Wildman–Crippen LogP) is 1.49. The Kier molecular flexibility index (Phi) is 3.62. The summed E-state index contributed by atoms with van der Waals surface area (Å²) >= 11 is 1.79. The van der Waals surface area contributed by atoms with E-state index in [9.17, 15) is 0 Å². The molecule has 3 nitrogen and oxygen atoms in total. The van der Waals surface area contributed by atoms with Crippen LogP contribution in [0.5, 0.6) is 0 Å². The Morgan fingerprint density at radius 3 is 2.85 bits per heavy atom. The van der Waals surface area contributed by atoms with Crippen LogP contribution in [0.15, 0.2) is 4.99 Å². The molecule has 0 aliphatic carbocycles. The van der Waals surface area contributed by atoms with Crippen LogP contribution >= 0.6 is 11.8 Å². The fourth-order valence-corrected chi connectivity index (χ4v) is 2.07. The average molecular weight is 202 g/mol. The first kappa shape index (κ1) is 10.9. The molecule has 1 N–H and O–H groups in total. The number of methoxy groups -OCH3 is 1. The van der Waals surface area contributed by atoms with Crippen molar-refractivity contribution in [2.75, 3.05) is 19.4 Å². The van der Waals surface area contributed by atoms with Crippen molar-refractivity contribution in [1.82, 2.24) is 5.32 Å². The van der Waals surface area contributed by atoms with Gasteiger partial charge >= 0.3 is 0 Å². The van der Waals surface area contributed by atoms with Crippen molar-refractivity contribution in [3.63, 3.8) is 0 Å². The summed E-state index contributed by atoms with van der Waals surface area (Å²) in [6.45, 7) is 7.13. The zero-order chi connectivity index (χ0) is 9.90. The first-order valence-corrected chi connectivity index (χ1v) is 5.50. The molecular formula is C9H18N2OS. The highest BCUT2D eigenvalue weighted by Gasteiger charge is 2.27. The second kappa shape index (κ2) is 4.33. The monoisotopic (exact) mass is 202 g/mol. The summed E-state index contributed by atoms with van der Waals surface area (Å²) in [4.78, 5) is 4.43. The van der Waals surface area contributed by atoms with E-state index < -0.39 is 0 Å². The van der Waals surface area contributed by atoms with Crippen molar-refractivity contribution >= 4 is 16.9 Å². The standard InChI is InChI=1S/C9H18N2OS/c1-7(12-4)5-10-8-11-9(2,3)6-13-8/h7H,5-6H2,1-4H3,(H,10,11). The molecule has 0 saturated carbocycles. The summed E-state index contributed by atoms with van der Waals surface area (Å²) in [7, 11) is 1.71. The van der Waals surface area contributed by atoms with Crippen LogP contribution in [0.3, 0.4) is 0 Å². The molecule has 0 aromatic heterocycles. The number of hydrogen-bond donors (Lipinski definition) is 1. The molecule has 0 aromatic carbocycles. The van der Waals surface area contributed by atoms with Gasteiger partial charge in [-0.3, -0.25) is 4.99 Å². The number of aliphatic imine (C=N–C) groups is 1. The van der Waals surface area contributed by atoms with Gasteiger partial charge in [0.1, 0.15) is 0 Å². The third-order valence-corrected chi connectivity index (χ3v) is 3.28. The van der Waals surface area contributed by atoms with Gasteiger partial charge in [0, 0.05) is 18.4 Å². The number of nitrogens with one attached hydrogen (secondary N) is 1. The van der Waals surface area contributed by atoms with E-state index in [0.29, 0.717) is 0 Å². The normalized spacial score (nSPS) is 26.0. The predicted molar refractivity (Wildman–Crippen MR) is 58.4 cm³/mol. The number of ether oxygens (including phenoxy) is 1. The molecule has 13 heavy (non-hydrogen) atoms. The minimum absolute atomic E-state index is 0.194. The molecule has 1 fully saturated rings. The van der Waals surface area contributed by atoms with Gasteiger partial charge in [0.15, 0.2) is 5.17 Å². The topological polar surface area (TPSA) is 33.6 Å². The molecule has 1 heterocycles. The molecule has 1 saturated heterocycles. The molecule has 1 atom stereocenters. The molecule has 0 bridgehead atoms. The van der Waals surface area contributed by atoms with Gasteiger partial charge in [0.2, 0.25) is 0 Å². The molecule has 0 aromatic rings. The summed E-state index contributed by atoms with van der Waals surface area (Å²) in [6, 6.07) is 0. The second-order valence-corrected chi connectivity index (χ2v) is 4.95. The first-order valence-electron chi connectivity index (χ1n) is 4.52. The molecule has 1 unspecified atom stereocenters. The highest BCUT2D eigenvalue weighted by atomic mass is 32.2. The maximum Gasteiger partial charge on any atom is 0.157 e. The van der Waals surface area contributed by atoms with Crippen LogP contribution in [0, 0.1) is 0 Å². The van der Waals surface area contributed by atoms with Crippen LogP contribution in [-0.4, -0.2) is 36.2 Å². The number of amidine groups is 1.